The van der Waals surface area contributed by atoms with Crippen LogP contribution in [0.1, 0.15) is 35.5 Å². The summed E-state index contributed by atoms with van der Waals surface area (Å²) in [5.74, 6) is -1.59. The molecule has 5 N–H and O–H groups in total. The topological polar surface area (TPSA) is 184 Å². The van der Waals surface area contributed by atoms with E-state index in [0.29, 0.717) is 11.1 Å². The van der Waals surface area contributed by atoms with Crippen LogP contribution in [0.25, 0.3) is 17.0 Å². The molecule has 1 aromatic heterocycles. The summed E-state index contributed by atoms with van der Waals surface area (Å²) in [5.41, 5.74) is 0.107. The van der Waals surface area contributed by atoms with Gasteiger partial charge in [-0.15, -0.1) is 0 Å². The molecule has 0 aliphatic carbocycles. The van der Waals surface area contributed by atoms with Crippen molar-refractivity contribution in [2.24, 2.45) is 0 Å². The Morgan fingerprint density at radius 2 is 1.77 bits per heavy atom. The average molecular weight is 541 g/mol. The van der Waals surface area contributed by atoms with Crippen molar-refractivity contribution in [2.75, 3.05) is 6.61 Å². The van der Waals surface area contributed by atoms with Crippen molar-refractivity contribution >= 4 is 28.8 Å². The third kappa shape index (κ3) is 5.86. The van der Waals surface area contributed by atoms with Gasteiger partial charge in [0.1, 0.15) is 53.0 Å². The van der Waals surface area contributed by atoms with Gasteiger partial charge in [0.15, 0.2) is 11.5 Å². The molecule has 11 nitrogen and oxygen atoms in total. The minimum Gasteiger partial charge on any atom is -0.508 e. The maximum Gasteiger partial charge on any atom is 0.331 e. The lowest BCUT2D eigenvalue weighted by Crippen LogP contribution is -2.56. The fourth-order valence-corrected chi connectivity index (χ4v) is 4.56. The molecule has 3 aromatic rings. The van der Waals surface area contributed by atoms with Gasteiger partial charge in [-0.3, -0.25) is 9.59 Å². The molecule has 2 aromatic carbocycles. The van der Waals surface area contributed by atoms with Crippen molar-refractivity contribution < 1.29 is 49.0 Å². The second kappa shape index (κ2) is 11.4. The first-order chi connectivity index (χ1) is 18.5. The van der Waals surface area contributed by atoms with Crippen LogP contribution in [0.15, 0.2) is 51.7 Å². The molecular weight excluding hydrogens is 512 g/mol. The molecule has 11 heteroatoms. The molecule has 206 valence electrons. The van der Waals surface area contributed by atoms with E-state index >= 15 is 0 Å². The van der Waals surface area contributed by atoms with Crippen molar-refractivity contribution in [1.82, 2.24) is 0 Å². The molecule has 0 radical (unpaired) electrons. The Labute approximate surface area is 222 Å². The van der Waals surface area contributed by atoms with Crippen molar-refractivity contribution in [3.63, 3.8) is 0 Å². The van der Waals surface area contributed by atoms with Gasteiger partial charge in [-0.2, -0.15) is 0 Å². The average Bonchev–Trinajstić information content (AvgIpc) is 2.86. The maximum atomic E-state index is 13.0. The molecule has 1 saturated heterocycles. The minimum absolute atomic E-state index is 0.0201. The fourth-order valence-electron chi connectivity index (χ4n) is 4.56. The summed E-state index contributed by atoms with van der Waals surface area (Å²) in [6, 6.07) is 8.38. The van der Waals surface area contributed by atoms with Crippen LogP contribution in [0.3, 0.4) is 0 Å². The van der Waals surface area contributed by atoms with Crippen LogP contribution in [0.4, 0.5) is 0 Å². The molecule has 0 amide bonds. The zero-order chi connectivity index (χ0) is 28.4. The van der Waals surface area contributed by atoms with Gasteiger partial charge < -0.3 is 39.4 Å². The third-order valence-corrected chi connectivity index (χ3v) is 6.40. The number of aromatic hydroxyl groups is 2. The summed E-state index contributed by atoms with van der Waals surface area (Å²) in [4.78, 5) is 37.4. The van der Waals surface area contributed by atoms with E-state index < -0.39 is 54.3 Å². The Morgan fingerprint density at radius 1 is 1.08 bits per heavy atom. The second-order valence-corrected chi connectivity index (χ2v) is 9.37. The molecule has 0 saturated carbocycles. The van der Waals surface area contributed by atoms with Crippen molar-refractivity contribution in [1.29, 1.82) is 0 Å². The van der Waals surface area contributed by atoms with E-state index in [0.717, 1.165) is 6.08 Å². The van der Waals surface area contributed by atoms with Gasteiger partial charge >= 0.3 is 5.97 Å². The van der Waals surface area contributed by atoms with Gasteiger partial charge in [-0.05, 0) is 49.2 Å². The molecule has 0 spiro atoms. The molecule has 1 aliphatic rings. The SMILES string of the molecule is CC(=O)Cc1cc(=O)c2c(C)cc(O)c([C@@H]3O[C@@H](CO)[C@@H](O)[C@H](O)[C@@H]3OC(=O)/C=C/c3ccc(O)cc3)c2o1. The van der Waals surface area contributed by atoms with Crippen LogP contribution >= 0.6 is 0 Å². The van der Waals surface area contributed by atoms with E-state index in [1.54, 1.807) is 19.1 Å². The number of hydrogen-bond acceptors (Lipinski definition) is 11. The largest absolute Gasteiger partial charge is 0.508 e. The Hall–Kier alpha value is -4.03. The fraction of sp³-hybridized carbons (Fsp3) is 0.321. The number of aliphatic hydroxyl groups is 3. The Morgan fingerprint density at radius 3 is 2.41 bits per heavy atom. The molecule has 0 bridgehead atoms. The summed E-state index contributed by atoms with van der Waals surface area (Å²) in [5, 5.41) is 51.6. The number of aryl methyl sites for hydroxylation is 1. The number of phenols is 2. The van der Waals surface area contributed by atoms with Crippen LogP contribution in [0.2, 0.25) is 0 Å². The molecule has 0 unspecified atom stereocenters. The van der Waals surface area contributed by atoms with E-state index in [9.17, 15) is 39.9 Å². The van der Waals surface area contributed by atoms with Crippen LogP contribution < -0.4 is 5.43 Å². The number of esters is 1. The van der Waals surface area contributed by atoms with Crippen molar-refractivity contribution in [3.05, 3.63) is 75.1 Å². The summed E-state index contributed by atoms with van der Waals surface area (Å²) >= 11 is 0. The summed E-state index contributed by atoms with van der Waals surface area (Å²) < 4.78 is 17.1. The third-order valence-electron chi connectivity index (χ3n) is 6.40. The highest BCUT2D eigenvalue weighted by Gasteiger charge is 2.48. The lowest BCUT2D eigenvalue weighted by Gasteiger charge is -2.42. The maximum absolute atomic E-state index is 13.0. The van der Waals surface area contributed by atoms with E-state index in [1.807, 2.05) is 0 Å². The van der Waals surface area contributed by atoms with E-state index in [-0.39, 0.29) is 40.2 Å². The highest BCUT2D eigenvalue weighted by Crippen LogP contribution is 2.42. The monoisotopic (exact) mass is 540 g/mol. The lowest BCUT2D eigenvalue weighted by molar-refractivity contribution is -0.239. The zero-order valence-electron chi connectivity index (χ0n) is 21.1. The highest BCUT2D eigenvalue weighted by molar-refractivity contribution is 5.88. The van der Waals surface area contributed by atoms with Gasteiger partial charge in [0.05, 0.1) is 24.0 Å². The Bertz CT molecular complexity index is 1470. The van der Waals surface area contributed by atoms with E-state index in [4.69, 9.17) is 13.9 Å². The summed E-state index contributed by atoms with van der Waals surface area (Å²) in [6.07, 6.45) is -5.63. The summed E-state index contributed by atoms with van der Waals surface area (Å²) in [7, 11) is 0. The van der Waals surface area contributed by atoms with Crippen LogP contribution in [-0.2, 0) is 25.5 Å². The first kappa shape index (κ1) is 28.0. The smallest absolute Gasteiger partial charge is 0.331 e. The van der Waals surface area contributed by atoms with Crippen molar-refractivity contribution in [2.45, 2.75) is 50.8 Å². The standard InChI is InChI=1S/C28H28O11/c1-13-9-18(32)23(26-22(13)19(33)11-17(37-26)10-14(2)30)27-28(25(36)24(35)20(12-29)38-27)39-21(34)8-5-15-3-6-16(31)7-4-15/h3-9,11,20,24-25,27-29,31-32,35-36H,10,12H2,1-2H3/b8-5+/t20-,24+,25-,27-,28-/m0/s1. The molecule has 39 heavy (non-hydrogen) atoms. The number of carbonyl (C=O) groups excluding carboxylic acids is 2. The van der Waals surface area contributed by atoms with Gasteiger partial charge in [-0.1, -0.05) is 12.1 Å². The number of hydrogen-bond donors (Lipinski definition) is 5. The second-order valence-electron chi connectivity index (χ2n) is 9.37. The number of ketones is 1. The van der Waals surface area contributed by atoms with E-state index in [2.05, 4.69) is 0 Å². The number of rotatable bonds is 7. The predicted octanol–water partition coefficient (Wildman–Crippen LogP) is 1.42. The number of phenolic OH excluding ortho intramolecular Hbond substituents is 2. The Balaban J connectivity index is 1.80. The number of fused-ring (bicyclic) bond motifs is 1. The quantitative estimate of drug-likeness (QED) is 0.216. The summed E-state index contributed by atoms with van der Waals surface area (Å²) in [6.45, 7) is 2.16. The Kier molecular flexibility index (Phi) is 8.17. The van der Waals surface area contributed by atoms with Crippen LogP contribution in [0, 0.1) is 6.92 Å². The number of aliphatic hydroxyl groups excluding tert-OH is 3. The van der Waals surface area contributed by atoms with Crippen LogP contribution in [-0.4, -0.2) is 68.3 Å². The number of Topliss-reactive ketones (excluding diaryl/α,β-unsaturated/α-hetero) is 1. The highest BCUT2D eigenvalue weighted by atomic mass is 16.6. The molecule has 1 aliphatic heterocycles. The lowest BCUT2D eigenvalue weighted by atomic mass is 9.89. The molecule has 1 fully saturated rings. The van der Waals surface area contributed by atoms with Crippen LogP contribution in [0.5, 0.6) is 11.5 Å². The van der Waals surface area contributed by atoms with E-state index in [1.165, 1.54) is 37.3 Å². The number of carbonyl (C=O) groups is 2. The first-order valence-electron chi connectivity index (χ1n) is 12.1. The molecule has 5 atom stereocenters. The van der Waals surface area contributed by atoms with Crippen molar-refractivity contribution in [3.8, 4) is 11.5 Å². The first-order valence-corrected chi connectivity index (χ1v) is 12.1. The zero-order valence-corrected chi connectivity index (χ0v) is 21.1. The normalized spacial score (nSPS) is 23.3. The molecule has 2 heterocycles. The van der Waals surface area contributed by atoms with Gasteiger partial charge in [-0.25, -0.2) is 4.79 Å². The molecular formula is C28H28O11. The molecule has 4 rings (SSSR count). The van der Waals surface area contributed by atoms with Gasteiger partial charge in [0, 0.05) is 12.1 Å². The number of ether oxygens (including phenoxy) is 2. The minimum atomic E-state index is -1.77. The van der Waals surface area contributed by atoms with Gasteiger partial charge in [0.2, 0.25) is 0 Å². The predicted molar refractivity (Wildman–Crippen MR) is 137 cm³/mol. The number of benzene rings is 2. The van der Waals surface area contributed by atoms with Gasteiger partial charge in [0.25, 0.3) is 0 Å².